The van der Waals surface area contributed by atoms with Crippen molar-refractivity contribution >= 4 is 35.0 Å². The molecule has 1 aliphatic heterocycles. The summed E-state index contributed by atoms with van der Waals surface area (Å²) in [5.74, 6) is -0.671. The lowest BCUT2D eigenvalue weighted by Gasteiger charge is -2.37. The van der Waals surface area contributed by atoms with Gasteiger partial charge in [0.2, 0.25) is 11.8 Å². The van der Waals surface area contributed by atoms with Crippen molar-refractivity contribution in [1.82, 2.24) is 4.90 Å². The van der Waals surface area contributed by atoms with Crippen LogP contribution in [0.15, 0.2) is 54.6 Å². The van der Waals surface area contributed by atoms with E-state index in [4.69, 9.17) is 4.74 Å². The number of carbonyl (C=O) groups is 4. The van der Waals surface area contributed by atoms with E-state index >= 15 is 0 Å². The number of carbonyl (C=O) groups excluding carboxylic acids is 4. The number of amides is 4. The van der Waals surface area contributed by atoms with E-state index < -0.39 is 11.9 Å². The van der Waals surface area contributed by atoms with Crippen LogP contribution in [0, 0.1) is 0 Å². The molecule has 1 heterocycles. The van der Waals surface area contributed by atoms with E-state index in [1.54, 1.807) is 41.3 Å². The molecule has 1 aliphatic carbocycles. The first-order chi connectivity index (χ1) is 16.4. The maximum Gasteiger partial charge on any atom is 0.261 e. The molecule has 34 heavy (non-hydrogen) atoms. The van der Waals surface area contributed by atoms with E-state index in [1.165, 1.54) is 6.92 Å². The van der Waals surface area contributed by atoms with Crippen LogP contribution in [0.3, 0.4) is 0 Å². The second-order valence-corrected chi connectivity index (χ2v) is 8.71. The molecule has 0 bridgehead atoms. The Morgan fingerprint density at radius 3 is 2.32 bits per heavy atom. The zero-order valence-electron chi connectivity index (χ0n) is 19.2. The van der Waals surface area contributed by atoms with E-state index in [1.807, 2.05) is 18.2 Å². The number of hydrogen-bond donors (Lipinski definition) is 1. The van der Waals surface area contributed by atoms with Crippen molar-refractivity contribution in [2.24, 2.45) is 0 Å². The van der Waals surface area contributed by atoms with Crippen LogP contribution in [-0.2, 0) is 19.2 Å². The van der Waals surface area contributed by atoms with E-state index in [0.29, 0.717) is 17.1 Å². The fourth-order valence-electron chi connectivity index (χ4n) is 4.73. The van der Waals surface area contributed by atoms with Crippen molar-refractivity contribution in [3.05, 3.63) is 54.6 Å². The van der Waals surface area contributed by atoms with Gasteiger partial charge in [0, 0.05) is 18.7 Å². The first kappa shape index (κ1) is 23.5. The second-order valence-electron chi connectivity index (χ2n) is 8.71. The molecule has 0 radical (unpaired) electrons. The molecule has 4 rings (SSSR count). The Kier molecular flexibility index (Phi) is 7.25. The summed E-state index contributed by atoms with van der Waals surface area (Å²) in [5.41, 5.74) is 0.993. The van der Waals surface area contributed by atoms with Crippen molar-refractivity contribution in [2.75, 3.05) is 16.8 Å². The van der Waals surface area contributed by atoms with Crippen LogP contribution in [0.1, 0.15) is 45.4 Å². The van der Waals surface area contributed by atoms with E-state index in [9.17, 15) is 19.2 Å². The highest BCUT2D eigenvalue weighted by molar-refractivity contribution is 6.23. The average molecular weight is 464 g/mol. The van der Waals surface area contributed by atoms with Crippen LogP contribution in [0.2, 0.25) is 0 Å². The van der Waals surface area contributed by atoms with Crippen LogP contribution >= 0.6 is 0 Å². The smallest absolute Gasteiger partial charge is 0.261 e. The molecule has 1 saturated carbocycles. The van der Waals surface area contributed by atoms with Crippen LogP contribution < -0.4 is 15.0 Å². The summed E-state index contributed by atoms with van der Waals surface area (Å²) in [6.07, 6.45) is 4.62. The fraction of sp³-hybridized carbons (Fsp3) is 0.385. The van der Waals surface area contributed by atoms with Gasteiger partial charge in [-0.25, -0.2) is 4.90 Å². The summed E-state index contributed by atoms with van der Waals surface area (Å²) in [6, 6.07) is 14.6. The zero-order chi connectivity index (χ0) is 24.1. The molecule has 2 fully saturated rings. The Morgan fingerprint density at radius 2 is 1.68 bits per heavy atom. The van der Waals surface area contributed by atoms with Crippen molar-refractivity contribution in [2.45, 2.75) is 57.5 Å². The van der Waals surface area contributed by atoms with E-state index in [0.717, 1.165) is 37.0 Å². The summed E-state index contributed by atoms with van der Waals surface area (Å²) in [7, 11) is 0. The predicted molar refractivity (Wildman–Crippen MR) is 127 cm³/mol. The highest BCUT2D eigenvalue weighted by Crippen LogP contribution is 2.31. The molecule has 1 atom stereocenters. The number of hydrogen-bond acceptors (Lipinski definition) is 5. The molecule has 2 aromatic carbocycles. The molecule has 4 amide bonds. The lowest BCUT2D eigenvalue weighted by Crippen LogP contribution is -2.52. The third-order valence-electron chi connectivity index (χ3n) is 6.27. The number of ether oxygens (including phenoxy) is 1. The summed E-state index contributed by atoms with van der Waals surface area (Å²) < 4.78 is 5.68. The van der Waals surface area contributed by atoms with Crippen molar-refractivity contribution in [1.29, 1.82) is 0 Å². The monoisotopic (exact) mass is 463 g/mol. The molecule has 1 saturated heterocycles. The van der Waals surface area contributed by atoms with Gasteiger partial charge in [0.15, 0.2) is 6.61 Å². The zero-order valence-corrected chi connectivity index (χ0v) is 19.2. The summed E-state index contributed by atoms with van der Waals surface area (Å²) >= 11 is 0. The number of benzene rings is 2. The lowest BCUT2D eigenvalue weighted by atomic mass is 9.92. The topological polar surface area (TPSA) is 96.0 Å². The number of nitrogens with one attached hydrogen (secondary N) is 1. The van der Waals surface area contributed by atoms with Crippen molar-refractivity contribution in [3.8, 4) is 5.75 Å². The lowest BCUT2D eigenvalue weighted by molar-refractivity contribution is -0.143. The minimum absolute atomic E-state index is 0.0557. The van der Waals surface area contributed by atoms with Gasteiger partial charge in [0.1, 0.15) is 11.8 Å². The van der Waals surface area contributed by atoms with Crippen LogP contribution in [0.25, 0.3) is 0 Å². The van der Waals surface area contributed by atoms with Crippen LogP contribution in [-0.4, -0.2) is 47.2 Å². The highest BCUT2D eigenvalue weighted by Gasteiger charge is 2.46. The minimum Gasteiger partial charge on any atom is -0.484 e. The molecule has 0 aromatic heterocycles. The number of para-hydroxylation sites is 1. The van der Waals surface area contributed by atoms with Gasteiger partial charge in [-0.3, -0.25) is 19.2 Å². The molecule has 8 heteroatoms. The van der Waals surface area contributed by atoms with Gasteiger partial charge in [0.25, 0.3) is 11.8 Å². The quantitative estimate of drug-likeness (QED) is 0.634. The summed E-state index contributed by atoms with van der Waals surface area (Å²) in [4.78, 5) is 53.7. The van der Waals surface area contributed by atoms with Gasteiger partial charge >= 0.3 is 0 Å². The Morgan fingerprint density at radius 1 is 1.00 bits per heavy atom. The number of rotatable bonds is 7. The van der Waals surface area contributed by atoms with E-state index in [2.05, 4.69) is 5.32 Å². The fourth-order valence-corrected chi connectivity index (χ4v) is 4.73. The van der Waals surface area contributed by atoms with Gasteiger partial charge < -0.3 is 15.0 Å². The predicted octanol–water partition coefficient (Wildman–Crippen LogP) is 3.52. The Hall–Kier alpha value is -3.68. The maximum atomic E-state index is 13.4. The molecule has 178 valence electrons. The second kappa shape index (κ2) is 10.5. The van der Waals surface area contributed by atoms with Crippen molar-refractivity contribution in [3.63, 3.8) is 0 Å². The Bertz CT molecular complexity index is 1050. The third kappa shape index (κ3) is 5.27. The maximum absolute atomic E-state index is 13.4. The molecule has 8 nitrogen and oxygen atoms in total. The first-order valence-electron chi connectivity index (χ1n) is 11.7. The molecule has 2 aromatic rings. The van der Waals surface area contributed by atoms with Crippen molar-refractivity contribution < 1.29 is 23.9 Å². The largest absolute Gasteiger partial charge is 0.484 e. The Labute approximate surface area is 198 Å². The molecular formula is C26H29N3O5. The summed E-state index contributed by atoms with van der Waals surface area (Å²) in [6.45, 7) is 1.22. The SMILES string of the molecule is CC(=O)Nc1ccc(N2C(=O)CC(N(C(=O)COc3ccccc3)C3CCCCC3)C2=O)cc1. The van der Waals surface area contributed by atoms with Crippen LogP contribution in [0.5, 0.6) is 5.75 Å². The Balaban J connectivity index is 1.53. The van der Waals surface area contributed by atoms with E-state index in [-0.39, 0.29) is 36.8 Å². The molecule has 2 aliphatic rings. The van der Waals surface area contributed by atoms with Crippen LogP contribution in [0.4, 0.5) is 11.4 Å². The average Bonchev–Trinajstić information content (AvgIpc) is 3.13. The number of nitrogens with zero attached hydrogens (tertiary/aromatic N) is 2. The summed E-state index contributed by atoms with van der Waals surface area (Å²) in [5, 5.41) is 2.66. The molecule has 1 unspecified atom stereocenters. The van der Waals surface area contributed by atoms with Gasteiger partial charge in [-0.15, -0.1) is 0 Å². The standard InChI is InChI=1S/C26H29N3O5/c1-18(30)27-19-12-14-21(15-13-19)29-24(31)16-23(26(29)33)28(20-8-4-2-5-9-20)25(32)17-34-22-10-6-3-7-11-22/h3,6-7,10-15,20,23H,2,4-5,8-9,16-17H2,1H3,(H,27,30). The molecule has 1 N–H and O–H groups in total. The number of anilines is 2. The minimum atomic E-state index is -0.850. The molecule has 0 spiro atoms. The molecular weight excluding hydrogens is 434 g/mol. The van der Waals surface area contributed by atoms with Gasteiger partial charge in [-0.2, -0.15) is 0 Å². The number of imide groups is 1. The highest BCUT2D eigenvalue weighted by atomic mass is 16.5. The normalized spacial score (nSPS) is 18.6. The third-order valence-corrected chi connectivity index (χ3v) is 6.27. The van der Waals surface area contributed by atoms with Gasteiger partial charge in [-0.1, -0.05) is 37.5 Å². The first-order valence-corrected chi connectivity index (χ1v) is 11.7. The van der Waals surface area contributed by atoms with Gasteiger partial charge in [0.05, 0.1) is 12.1 Å². The van der Waals surface area contributed by atoms with Gasteiger partial charge in [-0.05, 0) is 49.2 Å².